The van der Waals surface area contributed by atoms with Crippen molar-refractivity contribution in [1.29, 1.82) is 0 Å². The molecule has 35 heavy (non-hydrogen) atoms. The maximum absolute atomic E-state index is 14.0. The number of likely N-dealkylation sites (tertiary alicyclic amines) is 1. The lowest BCUT2D eigenvalue weighted by Crippen LogP contribution is -2.59. The number of rotatable bonds is 10. The maximum atomic E-state index is 14.0. The average molecular weight is 492 g/mol. The molecule has 0 bridgehead atoms. The lowest BCUT2D eigenvalue weighted by atomic mass is 9.82. The first kappa shape index (κ1) is 29.3. The number of likely N-dealkylation sites (N-methyl/N-ethyl adjacent to an activating group) is 1. The third kappa shape index (κ3) is 8.06. The van der Waals surface area contributed by atoms with Gasteiger partial charge in [-0.2, -0.15) is 0 Å². The molecule has 1 aliphatic heterocycles. The summed E-state index contributed by atoms with van der Waals surface area (Å²) in [7, 11) is 1.80. The molecule has 3 atom stereocenters. The minimum Gasteiger partial charge on any atom is -0.463 e. The Balaban J connectivity index is 2.28. The number of piperidine rings is 1. The predicted octanol–water partition coefficient (Wildman–Crippen LogP) is 4.31. The van der Waals surface area contributed by atoms with Crippen LogP contribution in [-0.2, 0) is 19.1 Å². The number of hydrogen-bond donors (Lipinski definition) is 1. The van der Waals surface area contributed by atoms with Crippen molar-refractivity contribution in [2.75, 3.05) is 20.2 Å². The lowest BCUT2D eigenvalue weighted by molar-refractivity contribution is -0.141. The van der Waals surface area contributed by atoms with E-state index in [4.69, 9.17) is 4.74 Å². The van der Waals surface area contributed by atoms with Crippen LogP contribution in [0.3, 0.4) is 0 Å². The number of nitrogens with zero attached hydrogens (tertiary/aromatic N) is 2. The van der Waals surface area contributed by atoms with Crippen molar-refractivity contribution in [3.8, 4) is 0 Å². The van der Waals surface area contributed by atoms with Crippen LogP contribution in [0.15, 0.2) is 11.6 Å². The zero-order valence-corrected chi connectivity index (χ0v) is 23.1. The molecule has 200 valence electrons. The molecule has 1 unspecified atom stereocenters. The molecule has 7 heteroatoms. The smallest absolute Gasteiger partial charge is 0.333 e. The highest BCUT2D eigenvalue weighted by molar-refractivity contribution is 5.91. The van der Waals surface area contributed by atoms with E-state index in [-0.39, 0.29) is 41.7 Å². The van der Waals surface area contributed by atoms with Gasteiger partial charge in [-0.3, -0.25) is 14.5 Å². The quantitative estimate of drug-likeness (QED) is 0.364. The van der Waals surface area contributed by atoms with E-state index in [1.165, 1.54) is 6.42 Å². The number of amides is 2. The van der Waals surface area contributed by atoms with Gasteiger partial charge in [-0.15, -0.1) is 0 Å². The maximum Gasteiger partial charge on any atom is 0.333 e. The number of nitrogens with one attached hydrogen (secondary N) is 1. The molecule has 2 aliphatic rings. The van der Waals surface area contributed by atoms with Crippen molar-refractivity contribution in [1.82, 2.24) is 15.1 Å². The van der Waals surface area contributed by atoms with Gasteiger partial charge in [0, 0.05) is 18.7 Å². The topological polar surface area (TPSA) is 79.0 Å². The standard InChI is InChI=1S/C28H49N3O4/c1-8-35-28(34)21(6)18-24(19(2)3)30(7)27(33)25(22-14-10-9-11-15-22)29-26(32)23-16-12-13-17-31(23)20(4)5/h18-20,22-25H,8-17H2,1-7H3,(H,29,32)/t23-,24-,25?/m1/s1. The summed E-state index contributed by atoms with van der Waals surface area (Å²) < 4.78 is 5.14. The van der Waals surface area contributed by atoms with E-state index < -0.39 is 6.04 Å². The number of carbonyl (C=O) groups is 3. The van der Waals surface area contributed by atoms with Crippen LogP contribution in [0.2, 0.25) is 0 Å². The van der Waals surface area contributed by atoms with Crippen molar-refractivity contribution in [2.45, 2.75) is 117 Å². The minimum atomic E-state index is -0.540. The van der Waals surface area contributed by atoms with E-state index in [1.54, 1.807) is 25.8 Å². The van der Waals surface area contributed by atoms with Crippen molar-refractivity contribution >= 4 is 17.8 Å². The Morgan fingerprint density at radius 2 is 1.66 bits per heavy atom. The molecule has 0 aromatic carbocycles. The van der Waals surface area contributed by atoms with E-state index >= 15 is 0 Å². The third-order valence-electron chi connectivity index (χ3n) is 7.69. The molecule has 1 saturated carbocycles. The van der Waals surface area contributed by atoms with Crippen LogP contribution in [0.4, 0.5) is 0 Å². The molecule has 7 nitrogen and oxygen atoms in total. The number of carbonyl (C=O) groups excluding carboxylic acids is 3. The van der Waals surface area contributed by atoms with Crippen molar-refractivity contribution < 1.29 is 19.1 Å². The van der Waals surface area contributed by atoms with E-state index in [0.717, 1.165) is 51.5 Å². The first-order chi connectivity index (χ1) is 16.6. The Labute approximate surface area is 213 Å². The highest BCUT2D eigenvalue weighted by Gasteiger charge is 2.38. The molecule has 1 N–H and O–H groups in total. The summed E-state index contributed by atoms with van der Waals surface area (Å²) in [6.45, 7) is 13.1. The van der Waals surface area contributed by atoms with Gasteiger partial charge in [0.25, 0.3) is 0 Å². The summed E-state index contributed by atoms with van der Waals surface area (Å²) >= 11 is 0. The first-order valence-electron chi connectivity index (χ1n) is 13.8. The zero-order chi connectivity index (χ0) is 26.1. The van der Waals surface area contributed by atoms with Crippen LogP contribution in [-0.4, -0.2) is 72.0 Å². The fourth-order valence-corrected chi connectivity index (χ4v) is 5.64. The van der Waals surface area contributed by atoms with Crippen LogP contribution in [0, 0.1) is 11.8 Å². The molecule has 2 fully saturated rings. The highest BCUT2D eigenvalue weighted by Crippen LogP contribution is 2.29. The number of hydrogen-bond acceptors (Lipinski definition) is 5. The normalized spacial score (nSPS) is 22.1. The third-order valence-corrected chi connectivity index (χ3v) is 7.69. The van der Waals surface area contributed by atoms with Crippen molar-refractivity contribution in [3.05, 3.63) is 11.6 Å². The average Bonchev–Trinajstić information content (AvgIpc) is 2.85. The SMILES string of the molecule is CCOC(=O)C(C)=C[C@H](C(C)C)N(C)C(=O)C(NC(=O)[C@H]1CCCCN1C(C)C)C1CCCCC1. The van der Waals surface area contributed by atoms with Crippen LogP contribution >= 0.6 is 0 Å². The van der Waals surface area contributed by atoms with Gasteiger partial charge in [0.1, 0.15) is 6.04 Å². The number of esters is 1. The van der Waals surface area contributed by atoms with Gasteiger partial charge in [0.15, 0.2) is 0 Å². The van der Waals surface area contributed by atoms with Crippen LogP contribution in [0.1, 0.15) is 92.9 Å². The molecule has 1 saturated heterocycles. The van der Waals surface area contributed by atoms with E-state index in [1.807, 2.05) is 19.9 Å². The second-order valence-corrected chi connectivity index (χ2v) is 11.0. The summed E-state index contributed by atoms with van der Waals surface area (Å²) in [5, 5.41) is 3.23. The molecular weight excluding hydrogens is 442 g/mol. The fraction of sp³-hybridized carbons (Fsp3) is 0.821. The molecule has 2 rings (SSSR count). The van der Waals surface area contributed by atoms with Crippen LogP contribution in [0.25, 0.3) is 0 Å². The van der Waals surface area contributed by atoms with Gasteiger partial charge in [0.2, 0.25) is 11.8 Å². The van der Waals surface area contributed by atoms with E-state index in [0.29, 0.717) is 18.2 Å². The molecule has 2 amide bonds. The first-order valence-corrected chi connectivity index (χ1v) is 13.8. The Morgan fingerprint density at radius 3 is 2.23 bits per heavy atom. The van der Waals surface area contributed by atoms with Crippen LogP contribution in [0.5, 0.6) is 0 Å². The molecular formula is C28H49N3O4. The molecule has 0 aromatic rings. The Morgan fingerprint density at radius 1 is 1.03 bits per heavy atom. The summed E-state index contributed by atoms with van der Waals surface area (Å²) in [5.74, 6) is -0.200. The zero-order valence-electron chi connectivity index (χ0n) is 23.1. The molecule has 0 aromatic heterocycles. The minimum absolute atomic E-state index is 0.0185. The summed E-state index contributed by atoms with van der Waals surface area (Å²) in [6.07, 6.45) is 10.1. The van der Waals surface area contributed by atoms with Gasteiger partial charge in [0.05, 0.1) is 18.7 Å². The van der Waals surface area contributed by atoms with Crippen LogP contribution < -0.4 is 5.32 Å². The van der Waals surface area contributed by atoms with E-state index in [2.05, 4.69) is 24.1 Å². The fourth-order valence-electron chi connectivity index (χ4n) is 5.64. The summed E-state index contributed by atoms with van der Waals surface area (Å²) in [5.41, 5.74) is 0.498. The van der Waals surface area contributed by atoms with Gasteiger partial charge in [-0.05, 0) is 71.8 Å². The lowest BCUT2D eigenvalue weighted by Gasteiger charge is -2.40. The van der Waals surface area contributed by atoms with Crippen molar-refractivity contribution in [2.24, 2.45) is 11.8 Å². The second kappa shape index (κ2) is 14.0. The highest BCUT2D eigenvalue weighted by atomic mass is 16.5. The number of ether oxygens (including phenoxy) is 1. The molecule has 0 radical (unpaired) electrons. The Bertz CT molecular complexity index is 742. The van der Waals surface area contributed by atoms with Gasteiger partial charge < -0.3 is 15.0 Å². The Hall–Kier alpha value is -1.89. The van der Waals surface area contributed by atoms with Gasteiger partial charge in [-0.1, -0.05) is 45.6 Å². The second-order valence-electron chi connectivity index (χ2n) is 11.0. The molecule has 1 heterocycles. The molecule has 1 aliphatic carbocycles. The van der Waals surface area contributed by atoms with Crippen molar-refractivity contribution in [3.63, 3.8) is 0 Å². The van der Waals surface area contributed by atoms with E-state index in [9.17, 15) is 14.4 Å². The summed E-state index contributed by atoms with van der Waals surface area (Å²) in [4.78, 5) is 43.7. The monoisotopic (exact) mass is 491 g/mol. The predicted molar refractivity (Wildman–Crippen MR) is 140 cm³/mol. The van der Waals surface area contributed by atoms with Gasteiger partial charge >= 0.3 is 5.97 Å². The largest absolute Gasteiger partial charge is 0.463 e. The Kier molecular flexibility index (Phi) is 11.7. The van der Waals surface area contributed by atoms with Gasteiger partial charge in [-0.25, -0.2) is 4.79 Å². The summed E-state index contributed by atoms with van der Waals surface area (Å²) in [6, 6.07) is -0.698. The molecule has 0 spiro atoms.